The number of methoxy groups -OCH3 is 1. The Balaban J connectivity index is 1.82. The molecule has 1 amide bonds. The Kier molecular flexibility index (Phi) is 6.87. The number of benzene rings is 2. The lowest BCUT2D eigenvalue weighted by molar-refractivity contribution is 0.0954. The molecule has 3 rings (SSSR count). The van der Waals surface area contributed by atoms with Crippen molar-refractivity contribution in [2.75, 3.05) is 7.11 Å². The SMILES string of the molecule is COc1cc(C(=O)N/N=C\c2cc(C)n(-c3cccc(Cl)c3Cl)c2C)ccc1I. The third-order valence-corrected chi connectivity index (χ3v) is 6.13. The van der Waals surface area contributed by atoms with E-state index in [1.165, 1.54) is 0 Å². The summed E-state index contributed by atoms with van der Waals surface area (Å²) in [6.45, 7) is 3.93. The Hall–Kier alpha value is -2.03. The van der Waals surface area contributed by atoms with Gasteiger partial charge in [-0.3, -0.25) is 4.79 Å². The number of amides is 1. The molecular formula is C21H18Cl2IN3O2. The van der Waals surface area contributed by atoms with E-state index in [2.05, 4.69) is 33.1 Å². The molecule has 0 atom stereocenters. The topological polar surface area (TPSA) is 55.6 Å². The van der Waals surface area contributed by atoms with E-state index in [0.29, 0.717) is 21.4 Å². The van der Waals surface area contributed by atoms with Gasteiger partial charge in [-0.2, -0.15) is 5.10 Å². The lowest BCUT2D eigenvalue weighted by atomic mass is 10.2. The first-order valence-electron chi connectivity index (χ1n) is 8.63. The summed E-state index contributed by atoms with van der Waals surface area (Å²) in [6.07, 6.45) is 1.61. The monoisotopic (exact) mass is 541 g/mol. The van der Waals surface area contributed by atoms with Crippen molar-refractivity contribution in [1.29, 1.82) is 0 Å². The molecule has 1 aromatic heterocycles. The minimum absolute atomic E-state index is 0.317. The molecule has 2 aromatic carbocycles. The van der Waals surface area contributed by atoms with Gasteiger partial charge in [0.1, 0.15) is 5.75 Å². The van der Waals surface area contributed by atoms with Crippen molar-refractivity contribution >= 4 is 57.9 Å². The van der Waals surface area contributed by atoms with Crippen molar-refractivity contribution in [3.8, 4) is 11.4 Å². The normalized spacial score (nSPS) is 11.1. The lowest BCUT2D eigenvalue weighted by Gasteiger charge is -2.12. The fourth-order valence-electron chi connectivity index (χ4n) is 2.98. The summed E-state index contributed by atoms with van der Waals surface area (Å²) in [7, 11) is 1.57. The van der Waals surface area contributed by atoms with Gasteiger partial charge in [0.05, 0.1) is 32.6 Å². The molecule has 1 N–H and O–H groups in total. The summed E-state index contributed by atoms with van der Waals surface area (Å²) in [6, 6.07) is 12.7. The van der Waals surface area contributed by atoms with Gasteiger partial charge in [-0.1, -0.05) is 29.3 Å². The van der Waals surface area contributed by atoms with E-state index in [-0.39, 0.29) is 5.91 Å². The zero-order valence-corrected chi connectivity index (χ0v) is 19.6. The average molecular weight is 542 g/mol. The maximum absolute atomic E-state index is 12.4. The van der Waals surface area contributed by atoms with Gasteiger partial charge >= 0.3 is 0 Å². The van der Waals surface area contributed by atoms with Crippen LogP contribution in [0.15, 0.2) is 47.6 Å². The summed E-state index contributed by atoms with van der Waals surface area (Å²) in [5, 5.41) is 5.08. The van der Waals surface area contributed by atoms with Crippen LogP contribution in [-0.2, 0) is 0 Å². The summed E-state index contributed by atoms with van der Waals surface area (Å²) in [5.41, 5.74) is 6.58. The minimum atomic E-state index is -0.317. The summed E-state index contributed by atoms with van der Waals surface area (Å²) in [5.74, 6) is 0.326. The number of nitrogens with zero attached hydrogens (tertiary/aromatic N) is 2. The number of rotatable bonds is 5. The van der Waals surface area contributed by atoms with Gasteiger partial charge in [-0.15, -0.1) is 0 Å². The van der Waals surface area contributed by atoms with E-state index in [4.69, 9.17) is 27.9 Å². The van der Waals surface area contributed by atoms with Crippen LogP contribution in [-0.4, -0.2) is 23.8 Å². The molecule has 5 nitrogen and oxygen atoms in total. The zero-order valence-electron chi connectivity index (χ0n) is 16.0. The predicted molar refractivity (Wildman–Crippen MR) is 126 cm³/mol. The number of hydrogen-bond donors (Lipinski definition) is 1. The fourth-order valence-corrected chi connectivity index (χ4v) is 3.92. The Morgan fingerprint density at radius 3 is 2.69 bits per heavy atom. The smallest absolute Gasteiger partial charge is 0.271 e. The second kappa shape index (κ2) is 9.19. The second-order valence-electron chi connectivity index (χ2n) is 6.28. The number of ether oxygens (including phenoxy) is 1. The van der Waals surface area contributed by atoms with Gasteiger partial charge in [0, 0.05) is 22.5 Å². The Morgan fingerprint density at radius 1 is 1.21 bits per heavy atom. The van der Waals surface area contributed by atoms with Crippen LogP contribution in [0.5, 0.6) is 5.75 Å². The van der Waals surface area contributed by atoms with Gasteiger partial charge in [0.25, 0.3) is 5.91 Å². The highest BCUT2D eigenvalue weighted by molar-refractivity contribution is 14.1. The summed E-state index contributed by atoms with van der Waals surface area (Å²) < 4.78 is 8.18. The molecule has 29 heavy (non-hydrogen) atoms. The van der Waals surface area contributed by atoms with Crippen molar-refractivity contribution in [2.45, 2.75) is 13.8 Å². The van der Waals surface area contributed by atoms with Gasteiger partial charge < -0.3 is 9.30 Å². The fraction of sp³-hybridized carbons (Fsp3) is 0.143. The minimum Gasteiger partial charge on any atom is -0.496 e. The largest absolute Gasteiger partial charge is 0.496 e. The van der Waals surface area contributed by atoms with E-state index < -0.39 is 0 Å². The number of aryl methyl sites for hydroxylation is 1. The van der Waals surface area contributed by atoms with Crippen LogP contribution in [0, 0.1) is 17.4 Å². The van der Waals surface area contributed by atoms with Crippen LogP contribution in [0.1, 0.15) is 27.3 Å². The number of aromatic nitrogens is 1. The number of halogens is 3. The molecule has 0 saturated heterocycles. The molecule has 1 heterocycles. The van der Waals surface area contributed by atoms with E-state index in [1.54, 1.807) is 31.5 Å². The number of hydrogen-bond acceptors (Lipinski definition) is 3. The van der Waals surface area contributed by atoms with Gasteiger partial charge in [-0.05, 0) is 72.8 Å². The molecule has 8 heteroatoms. The maximum Gasteiger partial charge on any atom is 0.271 e. The highest BCUT2D eigenvalue weighted by atomic mass is 127. The standard InChI is InChI=1S/C21H18Cl2IN3O2/c1-12-9-15(13(2)27(12)18-6-4-5-16(22)20(18)23)11-25-26-21(28)14-7-8-17(24)19(10-14)29-3/h4-11H,1-3H3,(H,26,28)/b25-11-. The van der Waals surface area contributed by atoms with Crippen LogP contribution < -0.4 is 10.2 Å². The van der Waals surface area contributed by atoms with Crippen molar-refractivity contribution in [3.05, 3.63) is 78.6 Å². The maximum atomic E-state index is 12.4. The van der Waals surface area contributed by atoms with Gasteiger partial charge in [0.15, 0.2) is 0 Å². The molecule has 0 aliphatic carbocycles. The highest BCUT2D eigenvalue weighted by Crippen LogP contribution is 2.31. The van der Waals surface area contributed by atoms with E-state index in [1.807, 2.05) is 42.7 Å². The molecule has 0 bridgehead atoms. The van der Waals surface area contributed by atoms with Crippen molar-refractivity contribution in [1.82, 2.24) is 9.99 Å². The molecule has 0 radical (unpaired) electrons. The highest BCUT2D eigenvalue weighted by Gasteiger charge is 2.14. The van der Waals surface area contributed by atoms with E-state index in [0.717, 1.165) is 26.2 Å². The van der Waals surface area contributed by atoms with E-state index >= 15 is 0 Å². The molecule has 0 aliphatic heterocycles. The first kappa shape index (κ1) is 21.7. The van der Waals surface area contributed by atoms with Crippen LogP contribution in [0.3, 0.4) is 0 Å². The van der Waals surface area contributed by atoms with Crippen LogP contribution >= 0.6 is 45.8 Å². The molecule has 0 fully saturated rings. The summed E-state index contributed by atoms with van der Waals surface area (Å²) in [4.78, 5) is 12.4. The van der Waals surface area contributed by atoms with Gasteiger partial charge in [0.2, 0.25) is 0 Å². The third kappa shape index (κ3) is 4.60. The number of nitrogens with one attached hydrogen (secondary N) is 1. The molecule has 150 valence electrons. The third-order valence-electron chi connectivity index (χ3n) is 4.43. The van der Waals surface area contributed by atoms with Crippen LogP contribution in [0.2, 0.25) is 10.0 Å². The average Bonchev–Trinajstić information content (AvgIpc) is 2.98. The van der Waals surface area contributed by atoms with Gasteiger partial charge in [-0.25, -0.2) is 5.43 Å². The van der Waals surface area contributed by atoms with Crippen LogP contribution in [0.4, 0.5) is 0 Å². The second-order valence-corrected chi connectivity index (χ2v) is 8.23. The number of carbonyl (C=O) groups excluding carboxylic acids is 1. The molecule has 0 unspecified atom stereocenters. The Bertz CT molecular complexity index is 1110. The lowest BCUT2D eigenvalue weighted by Crippen LogP contribution is -2.17. The number of hydrazone groups is 1. The molecule has 0 aliphatic rings. The Morgan fingerprint density at radius 2 is 1.97 bits per heavy atom. The van der Waals surface area contributed by atoms with Crippen LogP contribution in [0.25, 0.3) is 5.69 Å². The van der Waals surface area contributed by atoms with Crippen molar-refractivity contribution in [3.63, 3.8) is 0 Å². The number of carbonyl (C=O) groups is 1. The Labute approximate surface area is 192 Å². The van der Waals surface area contributed by atoms with Crippen molar-refractivity contribution in [2.24, 2.45) is 5.10 Å². The molecular weight excluding hydrogens is 524 g/mol. The first-order valence-corrected chi connectivity index (χ1v) is 10.5. The zero-order chi connectivity index (χ0) is 21.1. The molecule has 3 aromatic rings. The molecule has 0 saturated carbocycles. The first-order chi connectivity index (χ1) is 13.8. The predicted octanol–water partition coefficient (Wildman–Crippen LogP) is 5.78. The quantitative estimate of drug-likeness (QED) is 0.253. The summed E-state index contributed by atoms with van der Waals surface area (Å²) >= 11 is 14.7. The van der Waals surface area contributed by atoms with Crippen molar-refractivity contribution < 1.29 is 9.53 Å². The molecule has 0 spiro atoms. The van der Waals surface area contributed by atoms with E-state index in [9.17, 15) is 4.79 Å².